The maximum Gasteiger partial charge on any atom is 0.306 e. The summed E-state index contributed by atoms with van der Waals surface area (Å²) < 4.78 is 0. The smallest absolute Gasteiger partial charge is 0.306 e. The third kappa shape index (κ3) is 3.30. The molecule has 0 aliphatic heterocycles. The molecular weight excluding hydrogens is 248 g/mol. The van der Waals surface area contributed by atoms with Gasteiger partial charge in [0.25, 0.3) is 0 Å². The first-order valence-corrected chi connectivity index (χ1v) is 6.46. The Hall–Kier alpha value is -1.92. The first-order valence-electron chi connectivity index (χ1n) is 6.46. The first kappa shape index (κ1) is 13.5. The highest BCUT2D eigenvalue weighted by atomic mass is 16.4. The van der Waals surface area contributed by atoms with Crippen molar-refractivity contribution < 1.29 is 14.7 Å². The van der Waals surface area contributed by atoms with Gasteiger partial charge in [-0.2, -0.15) is 5.10 Å². The van der Waals surface area contributed by atoms with Gasteiger partial charge in [0.2, 0.25) is 5.91 Å². The minimum atomic E-state index is -0.805. The van der Waals surface area contributed by atoms with Gasteiger partial charge in [-0.25, -0.2) is 4.98 Å². The molecule has 1 amide bonds. The molecule has 3 N–H and O–H groups in total. The Balaban J connectivity index is 1.91. The molecule has 0 spiro atoms. The van der Waals surface area contributed by atoms with Crippen molar-refractivity contribution in [1.82, 2.24) is 20.5 Å². The van der Waals surface area contributed by atoms with Gasteiger partial charge in [-0.1, -0.05) is 6.42 Å². The second kappa shape index (κ2) is 5.81. The van der Waals surface area contributed by atoms with Gasteiger partial charge >= 0.3 is 5.97 Å². The Kier molecular flexibility index (Phi) is 4.13. The number of carboxylic acid groups (broad SMARTS) is 1. The number of aliphatic carboxylic acids is 1. The SMILES string of the molecule is CC(NC(=O)C1CCCC(C(=O)O)C1)c1ncn[nH]1. The number of carbonyl (C=O) groups is 2. The summed E-state index contributed by atoms with van der Waals surface area (Å²) in [5.74, 6) is -0.931. The van der Waals surface area contributed by atoms with Gasteiger partial charge in [-0.15, -0.1) is 0 Å². The molecule has 0 bridgehead atoms. The minimum Gasteiger partial charge on any atom is -0.481 e. The molecule has 1 aromatic rings. The van der Waals surface area contributed by atoms with Crippen molar-refractivity contribution in [3.8, 4) is 0 Å². The fourth-order valence-corrected chi connectivity index (χ4v) is 2.48. The molecule has 7 nitrogen and oxygen atoms in total. The number of aromatic nitrogens is 3. The molecule has 3 atom stereocenters. The normalized spacial score (nSPS) is 24.7. The van der Waals surface area contributed by atoms with E-state index in [-0.39, 0.29) is 17.9 Å². The topological polar surface area (TPSA) is 108 Å². The van der Waals surface area contributed by atoms with Gasteiger partial charge in [0.05, 0.1) is 12.0 Å². The zero-order chi connectivity index (χ0) is 13.8. The maximum absolute atomic E-state index is 12.1. The summed E-state index contributed by atoms with van der Waals surface area (Å²) in [6.45, 7) is 1.82. The zero-order valence-corrected chi connectivity index (χ0v) is 10.8. The molecule has 0 aromatic carbocycles. The van der Waals surface area contributed by atoms with Crippen molar-refractivity contribution in [3.05, 3.63) is 12.2 Å². The minimum absolute atomic E-state index is 0.102. The van der Waals surface area contributed by atoms with Gasteiger partial charge in [0, 0.05) is 5.92 Å². The molecule has 1 fully saturated rings. The van der Waals surface area contributed by atoms with Gasteiger partial charge in [0.15, 0.2) is 0 Å². The number of hydrogen-bond donors (Lipinski definition) is 3. The number of carbonyl (C=O) groups excluding carboxylic acids is 1. The molecule has 2 rings (SSSR count). The summed E-state index contributed by atoms with van der Waals surface area (Å²) in [7, 11) is 0. The highest BCUT2D eigenvalue weighted by Crippen LogP contribution is 2.29. The number of H-pyrrole nitrogens is 1. The van der Waals surface area contributed by atoms with Crippen LogP contribution in [0.25, 0.3) is 0 Å². The maximum atomic E-state index is 12.1. The van der Waals surface area contributed by atoms with Crippen LogP contribution in [0.3, 0.4) is 0 Å². The second-order valence-corrected chi connectivity index (χ2v) is 5.00. The van der Waals surface area contributed by atoms with E-state index >= 15 is 0 Å². The molecule has 1 aliphatic carbocycles. The Morgan fingerprint density at radius 3 is 2.84 bits per heavy atom. The van der Waals surface area contributed by atoms with Crippen molar-refractivity contribution >= 4 is 11.9 Å². The number of hydrogen-bond acceptors (Lipinski definition) is 4. The summed E-state index contributed by atoms with van der Waals surface area (Å²) in [6, 6.07) is -0.250. The summed E-state index contributed by atoms with van der Waals surface area (Å²) in [6.07, 6.45) is 4.00. The predicted molar refractivity (Wildman–Crippen MR) is 66.0 cm³/mol. The average Bonchev–Trinajstić information content (AvgIpc) is 2.92. The van der Waals surface area contributed by atoms with Crippen molar-refractivity contribution in [2.24, 2.45) is 11.8 Å². The lowest BCUT2D eigenvalue weighted by atomic mass is 9.81. The van der Waals surface area contributed by atoms with Crippen LogP contribution in [-0.2, 0) is 9.59 Å². The molecular formula is C12H18N4O3. The fraction of sp³-hybridized carbons (Fsp3) is 0.667. The molecule has 104 valence electrons. The van der Waals surface area contributed by atoms with Crippen molar-refractivity contribution in [1.29, 1.82) is 0 Å². The Morgan fingerprint density at radius 2 is 2.21 bits per heavy atom. The van der Waals surface area contributed by atoms with Crippen LogP contribution >= 0.6 is 0 Å². The van der Waals surface area contributed by atoms with Crippen LogP contribution < -0.4 is 5.32 Å². The average molecular weight is 266 g/mol. The van der Waals surface area contributed by atoms with E-state index in [2.05, 4.69) is 20.5 Å². The molecule has 3 unspecified atom stereocenters. The van der Waals surface area contributed by atoms with E-state index in [4.69, 9.17) is 5.11 Å². The van der Waals surface area contributed by atoms with Crippen LogP contribution in [-0.4, -0.2) is 32.2 Å². The van der Waals surface area contributed by atoms with Gasteiger partial charge in [-0.3, -0.25) is 14.7 Å². The molecule has 1 heterocycles. The van der Waals surface area contributed by atoms with Crippen molar-refractivity contribution in [2.45, 2.75) is 38.6 Å². The quantitative estimate of drug-likeness (QED) is 0.749. The highest BCUT2D eigenvalue weighted by molar-refractivity contribution is 5.80. The molecule has 1 saturated carbocycles. The summed E-state index contributed by atoms with van der Waals surface area (Å²) in [5.41, 5.74) is 0. The Bertz CT molecular complexity index is 446. The molecule has 7 heteroatoms. The molecule has 0 radical (unpaired) electrons. The highest BCUT2D eigenvalue weighted by Gasteiger charge is 2.31. The van der Waals surface area contributed by atoms with E-state index in [0.29, 0.717) is 18.7 Å². The largest absolute Gasteiger partial charge is 0.481 e. The first-order chi connectivity index (χ1) is 9.08. The number of nitrogens with one attached hydrogen (secondary N) is 2. The number of amides is 1. The molecule has 1 aromatic heterocycles. The number of carboxylic acids is 1. The summed E-state index contributed by atoms with van der Waals surface area (Å²) in [4.78, 5) is 27.1. The van der Waals surface area contributed by atoms with E-state index in [0.717, 1.165) is 12.8 Å². The van der Waals surface area contributed by atoms with Crippen LogP contribution in [0.5, 0.6) is 0 Å². The number of rotatable bonds is 4. The molecule has 0 saturated heterocycles. The molecule has 19 heavy (non-hydrogen) atoms. The van der Waals surface area contributed by atoms with E-state index in [1.165, 1.54) is 6.33 Å². The predicted octanol–water partition coefficient (Wildman–Crippen LogP) is 0.873. The van der Waals surface area contributed by atoms with Crippen LogP contribution in [0, 0.1) is 11.8 Å². The van der Waals surface area contributed by atoms with Crippen molar-refractivity contribution in [3.63, 3.8) is 0 Å². The second-order valence-electron chi connectivity index (χ2n) is 5.00. The van der Waals surface area contributed by atoms with Crippen molar-refractivity contribution in [2.75, 3.05) is 0 Å². The van der Waals surface area contributed by atoms with Crippen LogP contribution in [0.4, 0.5) is 0 Å². The number of nitrogens with zero attached hydrogens (tertiary/aromatic N) is 2. The summed E-state index contributed by atoms with van der Waals surface area (Å²) >= 11 is 0. The monoisotopic (exact) mass is 266 g/mol. The van der Waals surface area contributed by atoms with Crippen LogP contribution in [0.15, 0.2) is 6.33 Å². The Labute approximate surface area is 110 Å². The van der Waals surface area contributed by atoms with Gasteiger partial charge in [0.1, 0.15) is 12.2 Å². The van der Waals surface area contributed by atoms with Crippen LogP contribution in [0.1, 0.15) is 44.5 Å². The third-order valence-corrected chi connectivity index (χ3v) is 3.60. The Morgan fingerprint density at radius 1 is 1.47 bits per heavy atom. The lowest BCUT2D eigenvalue weighted by Gasteiger charge is -2.26. The van der Waals surface area contributed by atoms with E-state index < -0.39 is 11.9 Å². The fourth-order valence-electron chi connectivity index (χ4n) is 2.48. The van der Waals surface area contributed by atoms with E-state index in [9.17, 15) is 9.59 Å². The molecule has 1 aliphatic rings. The lowest BCUT2D eigenvalue weighted by molar-refractivity contribution is -0.144. The van der Waals surface area contributed by atoms with Crippen LogP contribution in [0.2, 0.25) is 0 Å². The van der Waals surface area contributed by atoms with E-state index in [1.807, 2.05) is 6.92 Å². The standard InChI is InChI=1S/C12H18N4O3/c1-7(10-13-6-14-16-10)15-11(17)8-3-2-4-9(5-8)12(18)19/h6-9H,2-5H2,1H3,(H,15,17)(H,18,19)(H,13,14,16). The lowest BCUT2D eigenvalue weighted by Crippen LogP contribution is -2.37. The van der Waals surface area contributed by atoms with E-state index in [1.54, 1.807) is 0 Å². The van der Waals surface area contributed by atoms with Gasteiger partial charge in [-0.05, 0) is 26.2 Å². The third-order valence-electron chi connectivity index (χ3n) is 3.60. The summed E-state index contributed by atoms with van der Waals surface area (Å²) in [5, 5.41) is 18.3. The van der Waals surface area contributed by atoms with Gasteiger partial charge < -0.3 is 10.4 Å². The number of aromatic amines is 1. The zero-order valence-electron chi connectivity index (χ0n) is 10.8.